The number of benzene rings is 1. The van der Waals surface area contributed by atoms with Crippen molar-refractivity contribution in [3.8, 4) is 11.5 Å². The lowest BCUT2D eigenvalue weighted by Gasteiger charge is -2.31. The van der Waals surface area contributed by atoms with E-state index in [1.54, 1.807) is 36.9 Å². The molecule has 0 spiro atoms. The van der Waals surface area contributed by atoms with E-state index in [4.69, 9.17) is 9.47 Å². The molecule has 0 bridgehead atoms. The molecule has 9 heteroatoms. The topological polar surface area (TPSA) is 114 Å². The van der Waals surface area contributed by atoms with Gasteiger partial charge in [0.05, 0.1) is 5.69 Å². The molecule has 1 fully saturated rings. The Bertz CT molecular complexity index is 1020. The maximum absolute atomic E-state index is 12.8. The number of hydrogen-bond donors (Lipinski definition) is 2. The van der Waals surface area contributed by atoms with E-state index in [-0.39, 0.29) is 30.1 Å². The van der Waals surface area contributed by atoms with Crippen LogP contribution in [0, 0.1) is 19.8 Å². The van der Waals surface area contributed by atoms with Crippen molar-refractivity contribution >= 4 is 17.5 Å². The fourth-order valence-corrected chi connectivity index (χ4v) is 3.60. The van der Waals surface area contributed by atoms with Crippen LogP contribution in [-0.4, -0.2) is 46.8 Å². The highest BCUT2D eigenvalue weighted by Crippen LogP contribution is 2.34. The first-order valence-electron chi connectivity index (χ1n) is 9.49. The lowest BCUT2D eigenvalue weighted by Crippen LogP contribution is -2.43. The lowest BCUT2D eigenvalue weighted by molar-refractivity contribution is -0.121. The van der Waals surface area contributed by atoms with Crippen LogP contribution in [0.4, 0.5) is 5.69 Å². The fourth-order valence-electron chi connectivity index (χ4n) is 3.60. The van der Waals surface area contributed by atoms with Gasteiger partial charge in [-0.2, -0.15) is 5.10 Å². The number of carbonyl (C=O) groups is 2. The van der Waals surface area contributed by atoms with Crippen molar-refractivity contribution < 1.29 is 19.1 Å². The largest absolute Gasteiger partial charge is 0.454 e. The van der Waals surface area contributed by atoms with Gasteiger partial charge < -0.3 is 19.7 Å². The number of aromatic nitrogens is 2. The van der Waals surface area contributed by atoms with Gasteiger partial charge in [0.25, 0.3) is 11.5 Å². The minimum atomic E-state index is -0.485. The summed E-state index contributed by atoms with van der Waals surface area (Å²) in [6.07, 6.45) is 1.06. The third-order valence-electron chi connectivity index (χ3n) is 5.48. The third-order valence-corrected chi connectivity index (χ3v) is 5.48. The van der Waals surface area contributed by atoms with Gasteiger partial charge in [-0.1, -0.05) is 0 Å². The van der Waals surface area contributed by atoms with Gasteiger partial charge in [-0.15, -0.1) is 0 Å². The van der Waals surface area contributed by atoms with E-state index in [1.165, 1.54) is 0 Å². The molecule has 3 heterocycles. The van der Waals surface area contributed by atoms with E-state index in [1.807, 2.05) is 0 Å². The SMILES string of the molecule is Cc1n[nH]c(=O)c(C(=O)N2CCC(C(=O)Nc3ccc4c(c3)OCO4)CC2)c1C. The average Bonchev–Trinajstić information content (AvgIpc) is 3.19. The van der Waals surface area contributed by atoms with Crippen molar-refractivity contribution in [1.82, 2.24) is 15.1 Å². The maximum Gasteiger partial charge on any atom is 0.277 e. The Morgan fingerprint density at radius 3 is 2.66 bits per heavy atom. The predicted molar refractivity (Wildman–Crippen MR) is 104 cm³/mol. The smallest absolute Gasteiger partial charge is 0.277 e. The van der Waals surface area contributed by atoms with Crippen LogP contribution in [0.5, 0.6) is 11.5 Å². The van der Waals surface area contributed by atoms with E-state index >= 15 is 0 Å². The van der Waals surface area contributed by atoms with E-state index in [2.05, 4.69) is 15.5 Å². The average molecular weight is 398 g/mol. The molecule has 9 nitrogen and oxygen atoms in total. The number of carbonyl (C=O) groups excluding carboxylic acids is 2. The van der Waals surface area contributed by atoms with E-state index in [0.717, 1.165) is 0 Å². The number of hydrogen-bond acceptors (Lipinski definition) is 6. The Balaban J connectivity index is 1.38. The number of aryl methyl sites for hydroxylation is 1. The molecule has 2 aromatic rings. The summed E-state index contributed by atoms with van der Waals surface area (Å²) >= 11 is 0. The second-order valence-corrected chi connectivity index (χ2v) is 7.26. The summed E-state index contributed by atoms with van der Waals surface area (Å²) < 4.78 is 10.6. The van der Waals surface area contributed by atoms with Gasteiger partial charge in [0.2, 0.25) is 12.7 Å². The molecule has 2 N–H and O–H groups in total. The molecular formula is C20H22N4O5. The molecule has 2 amide bonds. The quantitative estimate of drug-likeness (QED) is 0.812. The van der Waals surface area contributed by atoms with Crippen LogP contribution in [0.15, 0.2) is 23.0 Å². The van der Waals surface area contributed by atoms with Gasteiger partial charge in [-0.25, -0.2) is 5.10 Å². The van der Waals surface area contributed by atoms with Gasteiger partial charge in [-0.05, 0) is 44.4 Å². The normalized spacial score (nSPS) is 16.0. The van der Waals surface area contributed by atoms with E-state index < -0.39 is 5.56 Å². The standard InChI is InChI=1S/C20H22N4O5/c1-11-12(2)22-23-19(26)17(11)20(27)24-7-5-13(6-8-24)18(25)21-14-3-4-15-16(9-14)29-10-28-15/h3-4,9,13H,5-8,10H2,1-2H3,(H,21,25)(H,23,26). The molecule has 0 atom stereocenters. The minimum Gasteiger partial charge on any atom is -0.454 e. The Labute approximate surface area is 167 Å². The predicted octanol–water partition coefficient (Wildman–Crippen LogP) is 1.61. The number of fused-ring (bicyclic) bond motifs is 1. The summed E-state index contributed by atoms with van der Waals surface area (Å²) in [5.74, 6) is 0.652. The van der Waals surface area contributed by atoms with Crippen LogP contribution >= 0.6 is 0 Å². The number of ether oxygens (including phenoxy) is 2. The zero-order chi connectivity index (χ0) is 20.5. The molecule has 0 radical (unpaired) electrons. The summed E-state index contributed by atoms with van der Waals surface area (Å²) in [4.78, 5) is 39.1. The fraction of sp³-hybridized carbons (Fsp3) is 0.400. The van der Waals surface area contributed by atoms with E-state index in [0.29, 0.717) is 54.4 Å². The van der Waals surface area contributed by atoms with Crippen molar-refractivity contribution in [1.29, 1.82) is 0 Å². The summed E-state index contributed by atoms with van der Waals surface area (Å²) in [7, 11) is 0. The lowest BCUT2D eigenvalue weighted by atomic mass is 9.95. The summed E-state index contributed by atoms with van der Waals surface area (Å²) in [5.41, 5.74) is 1.49. The van der Waals surface area contributed by atoms with Crippen molar-refractivity contribution in [2.45, 2.75) is 26.7 Å². The molecular weight excluding hydrogens is 376 g/mol. The first kappa shape index (κ1) is 19.0. The van der Waals surface area contributed by atoms with Crippen molar-refractivity contribution in [2.75, 3.05) is 25.2 Å². The highest BCUT2D eigenvalue weighted by atomic mass is 16.7. The number of amides is 2. The molecule has 1 saturated heterocycles. The maximum atomic E-state index is 12.8. The molecule has 152 valence electrons. The summed E-state index contributed by atoms with van der Waals surface area (Å²) in [5, 5.41) is 9.15. The molecule has 0 unspecified atom stereocenters. The van der Waals surface area contributed by atoms with Crippen LogP contribution in [-0.2, 0) is 4.79 Å². The number of piperidine rings is 1. The molecule has 0 aliphatic carbocycles. The monoisotopic (exact) mass is 398 g/mol. The van der Waals surface area contributed by atoms with Gasteiger partial charge in [0, 0.05) is 30.8 Å². The zero-order valence-corrected chi connectivity index (χ0v) is 16.3. The Morgan fingerprint density at radius 1 is 1.17 bits per heavy atom. The summed E-state index contributed by atoms with van der Waals surface area (Å²) in [6, 6.07) is 5.26. The first-order chi connectivity index (χ1) is 13.9. The third kappa shape index (κ3) is 3.67. The Morgan fingerprint density at radius 2 is 1.90 bits per heavy atom. The second-order valence-electron chi connectivity index (χ2n) is 7.26. The highest BCUT2D eigenvalue weighted by molar-refractivity contribution is 5.96. The van der Waals surface area contributed by atoms with Crippen LogP contribution < -0.4 is 20.3 Å². The minimum absolute atomic E-state index is 0.0928. The number of H-pyrrole nitrogens is 1. The van der Waals surface area contributed by atoms with Gasteiger partial charge >= 0.3 is 0 Å². The van der Waals surface area contributed by atoms with Crippen molar-refractivity contribution in [3.63, 3.8) is 0 Å². The van der Waals surface area contributed by atoms with Crippen molar-refractivity contribution in [2.24, 2.45) is 5.92 Å². The molecule has 0 saturated carbocycles. The van der Waals surface area contributed by atoms with Crippen LogP contribution in [0.25, 0.3) is 0 Å². The van der Waals surface area contributed by atoms with Gasteiger partial charge in [-0.3, -0.25) is 14.4 Å². The first-order valence-corrected chi connectivity index (χ1v) is 9.49. The molecule has 1 aromatic heterocycles. The van der Waals surface area contributed by atoms with E-state index in [9.17, 15) is 14.4 Å². The van der Waals surface area contributed by atoms with Crippen LogP contribution in [0.2, 0.25) is 0 Å². The summed E-state index contributed by atoms with van der Waals surface area (Å²) in [6.45, 7) is 4.47. The number of likely N-dealkylation sites (tertiary alicyclic amines) is 1. The Hall–Kier alpha value is -3.36. The van der Waals surface area contributed by atoms with Gasteiger partial charge in [0.15, 0.2) is 11.5 Å². The number of aromatic amines is 1. The number of anilines is 1. The number of nitrogens with one attached hydrogen (secondary N) is 2. The molecule has 1 aromatic carbocycles. The molecule has 2 aliphatic heterocycles. The molecule has 2 aliphatic rings. The molecule has 4 rings (SSSR count). The van der Waals surface area contributed by atoms with Crippen LogP contribution in [0.3, 0.4) is 0 Å². The van der Waals surface area contributed by atoms with Gasteiger partial charge in [0.1, 0.15) is 5.56 Å². The van der Waals surface area contributed by atoms with Crippen LogP contribution in [0.1, 0.15) is 34.5 Å². The highest BCUT2D eigenvalue weighted by Gasteiger charge is 2.30. The Kier molecular flexibility index (Phi) is 4.96. The number of rotatable bonds is 3. The number of nitrogens with zero attached hydrogens (tertiary/aromatic N) is 2. The second kappa shape index (κ2) is 7.57. The van der Waals surface area contributed by atoms with Crippen molar-refractivity contribution in [3.05, 3.63) is 45.4 Å². The molecule has 29 heavy (non-hydrogen) atoms. The zero-order valence-electron chi connectivity index (χ0n) is 16.3.